The Labute approximate surface area is 106 Å². The van der Waals surface area contributed by atoms with E-state index < -0.39 is 0 Å². The summed E-state index contributed by atoms with van der Waals surface area (Å²) in [5, 5.41) is 3.66. The van der Waals surface area contributed by atoms with Crippen LogP contribution in [-0.2, 0) is 12.8 Å². The van der Waals surface area contributed by atoms with Gasteiger partial charge >= 0.3 is 0 Å². The van der Waals surface area contributed by atoms with E-state index in [-0.39, 0.29) is 0 Å². The Morgan fingerprint density at radius 3 is 2.88 bits per heavy atom. The van der Waals surface area contributed by atoms with E-state index in [4.69, 9.17) is 0 Å². The molecule has 0 radical (unpaired) electrons. The molecule has 0 bridgehead atoms. The van der Waals surface area contributed by atoms with Gasteiger partial charge in [-0.3, -0.25) is 0 Å². The first kappa shape index (κ1) is 10.8. The highest BCUT2D eigenvalue weighted by Crippen LogP contribution is 2.28. The number of nitrogens with one attached hydrogen (secondary N) is 1. The molecule has 0 aliphatic heterocycles. The molecule has 0 heterocycles. The molecule has 0 spiro atoms. The molecule has 0 aromatic heterocycles. The van der Waals surface area contributed by atoms with E-state index in [0.29, 0.717) is 0 Å². The number of benzene rings is 1. The van der Waals surface area contributed by atoms with Crippen LogP contribution in [0.1, 0.15) is 30.4 Å². The number of fused-ring (bicyclic) bond motifs is 1. The molecule has 1 atom stereocenters. The fourth-order valence-corrected chi connectivity index (χ4v) is 3.00. The van der Waals surface area contributed by atoms with Crippen LogP contribution in [0.2, 0.25) is 0 Å². The highest BCUT2D eigenvalue weighted by atomic mass is 79.9. The zero-order chi connectivity index (χ0) is 11.0. The smallest absolute Gasteiger partial charge is 0.0178 e. The van der Waals surface area contributed by atoms with Crippen molar-refractivity contribution in [2.24, 2.45) is 5.92 Å². The zero-order valence-electron chi connectivity index (χ0n) is 9.51. The van der Waals surface area contributed by atoms with Gasteiger partial charge in [-0.05, 0) is 67.8 Å². The summed E-state index contributed by atoms with van der Waals surface area (Å²) in [4.78, 5) is 0. The molecule has 2 aliphatic rings. The molecule has 1 N–H and O–H groups in total. The number of hydrogen-bond donors (Lipinski definition) is 1. The SMILES string of the molecule is Brc1ccc2c(c1)CC(CNC1CC1)CC2. The van der Waals surface area contributed by atoms with Crippen molar-refractivity contribution >= 4 is 15.9 Å². The fraction of sp³-hybridized carbons (Fsp3) is 0.571. The van der Waals surface area contributed by atoms with Crippen LogP contribution in [0.5, 0.6) is 0 Å². The Bertz CT molecular complexity index is 384. The molecule has 86 valence electrons. The van der Waals surface area contributed by atoms with E-state index in [2.05, 4.69) is 39.4 Å². The predicted molar refractivity (Wildman–Crippen MR) is 70.7 cm³/mol. The van der Waals surface area contributed by atoms with Gasteiger partial charge in [-0.25, -0.2) is 0 Å². The van der Waals surface area contributed by atoms with E-state index >= 15 is 0 Å². The second-order valence-electron chi connectivity index (χ2n) is 5.20. The minimum Gasteiger partial charge on any atom is -0.314 e. The molecule has 1 fully saturated rings. The van der Waals surface area contributed by atoms with E-state index in [9.17, 15) is 0 Å². The van der Waals surface area contributed by atoms with E-state index in [1.807, 2.05) is 0 Å². The van der Waals surface area contributed by atoms with Crippen molar-refractivity contribution in [3.63, 3.8) is 0 Å². The van der Waals surface area contributed by atoms with Crippen LogP contribution >= 0.6 is 15.9 Å². The molecule has 2 aliphatic carbocycles. The van der Waals surface area contributed by atoms with Crippen LogP contribution in [-0.4, -0.2) is 12.6 Å². The first-order valence-electron chi connectivity index (χ1n) is 6.32. The van der Waals surface area contributed by atoms with Gasteiger partial charge in [0.1, 0.15) is 0 Å². The molecule has 1 aromatic rings. The van der Waals surface area contributed by atoms with Gasteiger partial charge in [0.25, 0.3) is 0 Å². The molecular formula is C14H18BrN. The van der Waals surface area contributed by atoms with Gasteiger partial charge in [-0.15, -0.1) is 0 Å². The monoisotopic (exact) mass is 279 g/mol. The lowest BCUT2D eigenvalue weighted by Crippen LogP contribution is -2.28. The highest BCUT2D eigenvalue weighted by Gasteiger charge is 2.24. The first-order valence-corrected chi connectivity index (χ1v) is 7.11. The third-order valence-corrected chi connectivity index (χ3v) is 4.26. The number of aryl methyl sites for hydroxylation is 1. The second kappa shape index (κ2) is 4.50. The summed E-state index contributed by atoms with van der Waals surface area (Å²) in [5.41, 5.74) is 3.12. The van der Waals surface area contributed by atoms with Gasteiger partial charge in [0.15, 0.2) is 0 Å². The minimum absolute atomic E-state index is 0.849. The van der Waals surface area contributed by atoms with Crippen molar-refractivity contribution in [2.45, 2.75) is 38.1 Å². The average Bonchev–Trinajstić information content (AvgIpc) is 3.09. The Kier molecular flexibility index (Phi) is 3.03. The normalized spacial score (nSPS) is 24.2. The highest BCUT2D eigenvalue weighted by molar-refractivity contribution is 9.10. The lowest BCUT2D eigenvalue weighted by molar-refractivity contribution is 0.423. The van der Waals surface area contributed by atoms with Crippen LogP contribution in [0.3, 0.4) is 0 Å². The molecule has 1 nitrogen and oxygen atoms in total. The molecule has 1 aromatic carbocycles. The van der Waals surface area contributed by atoms with Crippen molar-refractivity contribution in [3.05, 3.63) is 33.8 Å². The molecule has 16 heavy (non-hydrogen) atoms. The largest absolute Gasteiger partial charge is 0.314 e. The standard InChI is InChI=1S/C14H18BrN/c15-13-4-3-11-2-1-10(7-12(11)8-13)9-16-14-5-6-14/h3-4,8,10,14,16H,1-2,5-7,9H2. The van der Waals surface area contributed by atoms with Gasteiger partial charge in [0.2, 0.25) is 0 Å². The van der Waals surface area contributed by atoms with Gasteiger partial charge < -0.3 is 5.32 Å². The third kappa shape index (κ3) is 2.49. The zero-order valence-corrected chi connectivity index (χ0v) is 11.1. The maximum Gasteiger partial charge on any atom is 0.0178 e. The molecule has 3 rings (SSSR count). The van der Waals surface area contributed by atoms with E-state index in [1.54, 1.807) is 11.1 Å². The van der Waals surface area contributed by atoms with Crippen LogP contribution in [0, 0.1) is 5.92 Å². The maximum absolute atomic E-state index is 3.66. The quantitative estimate of drug-likeness (QED) is 0.895. The molecule has 1 unspecified atom stereocenters. The van der Waals surface area contributed by atoms with E-state index in [0.717, 1.165) is 12.0 Å². The van der Waals surface area contributed by atoms with Crippen molar-refractivity contribution in [1.29, 1.82) is 0 Å². The van der Waals surface area contributed by atoms with Crippen LogP contribution in [0.25, 0.3) is 0 Å². The fourth-order valence-electron chi connectivity index (χ4n) is 2.60. The number of rotatable bonds is 3. The lowest BCUT2D eigenvalue weighted by atomic mass is 9.84. The van der Waals surface area contributed by atoms with Gasteiger partial charge in [-0.1, -0.05) is 22.0 Å². The van der Waals surface area contributed by atoms with E-state index in [1.165, 1.54) is 43.1 Å². The van der Waals surface area contributed by atoms with Crippen molar-refractivity contribution in [1.82, 2.24) is 5.32 Å². The third-order valence-electron chi connectivity index (χ3n) is 3.77. The second-order valence-corrected chi connectivity index (χ2v) is 6.12. The minimum atomic E-state index is 0.849. The van der Waals surface area contributed by atoms with Crippen molar-refractivity contribution < 1.29 is 0 Å². The van der Waals surface area contributed by atoms with Gasteiger partial charge in [0, 0.05) is 10.5 Å². The average molecular weight is 280 g/mol. The molecule has 2 heteroatoms. The molecule has 0 amide bonds. The van der Waals surface area contributed by atoms with Crippen LogP contribution in [0.15, 0.2) is 22.7 Å². The number of halogens is 1. The summed E-state index contributed by atoms with van der Waals surface area (Å²) in [5.74, 6) is 0.849. The summed E-state index contributed by atoms with van der Waals surface area (Å²) >= 11 is 3.57. The summed E-state index contributed by atoms with van der Waals surface area (Å²) in [6, 6.07) is 7.60. The summed E-state index contributed by atoms with van der Waals surface area (Å²) in [7, 11) is 0. The number of hydrogen-bond acceptors (Lipinski definition) is 1. The Balaban J connectivity index is 1.64. The summed E-state index contributed by atoms with van der Waals surface area (Å²) in [6.07, 6.45) is 6.67. The molecular weight excluding hydrogens is 262 g/mol. The van der Waals surface area contributed by atoms with Crippen LogP contribution < -0.4 is 5.32 Å². The topological polar surface area (TPSA) is 12.0 Å². The Morgan fingerprint density at radius 2 is 2.06 bits per heavy atom. The van der Waals surface area contributed by atoms with Crippen molar-refractivity contribution in [2.75, 3.05) is 6.54 Å². The predicted octanol–water partition coefficient (Wildman–Crippen LogP) is 3.31. The first-order chi connectivity index (χ1) is 7.81. The van der Waals surface area contributed by atoms with Gasteiger partial charge in [-0.2, -0.15) is 0 Å². The summed E-state index contributed by atoms with van der Waals surface area (Å²) < 4.78 is 1.22. The Hall–Kier alpha value is -0.340. The maximum atomic E-state index is 3.66. The Morgan fingerprint density at radius 1 is 1.19 bits per heavy atom. The summed E-state index contributed by atoms with van der Waals surface area (Å²) in [6.45, 7) is 1.22. The van der Waals surface area contributed by atoms with Crippen LogP contribution in [0.4, 0.5) is 0 Å². The van der Waals surface area contributed by atoms with Gasteiger partial charge in [0.05, 0.1) is 0 Å². The van der Waals surface area contributed by atoms with Crippen molar-refractivity contribution in [3.8, 4) is 0 Å². The molecule has 0 saturated heterocycles. The molecule has 1 saturated carbocycles. The lowest BCUT2D eigenvalue weighted by Gasteiger charge is -2.25.